The van der Waals surface area contributed by atoms with Crippen LogP contribution >= 0.6 is 0 Å². The van der Waals surface area contributed by atoms with Crippen molar-refractivity contribution < 1.29 is 19.1 Å². The molecule has 2 N–H and O–H groups in total. The lowest BCUT2D eigenvalue weighted by Crippen LogP contribution is -2.27. The van der Waals surface area contributed by atoms with Crippen LogP contribution in [0.5, 0.6) is 11.5 Å². The van der Waals surface area contributed by atoms with Crippen LogP contribution in [-0.4, -0.2) is 25.5 Å². The molecule has 0 spiro atoms. The second-order valence-corrected chi connectivity index (χ2v) is 7.39. The zero-order valence-electron chi connectivity index (χ0n) is 18.9. The summed E-state index contributed by atoms with van der Waals surface area (Å²) in [4.78, 5) is 24.7. The molecule has 1 atom stereocenters. The predicted molar refractivity (Wildman–Crippen MR) is 130 cm³/mol. The molecule has 0 saturated carbocycles. The molecule has 172 valence electrons. The Hall–Kier alpha value is -4.57. The van der Waals surface area contributed by atoms with Gasteiger partial charge in [0.15, 0.2) is 18.1 Å². The van der Waals surface area contributed by atoms with Crippen LogP contribution in [0.3, 0.4) is 0 Å². The van der Waals surface area contributed by atoms with Crippen LogP contribution < -0.4 is 20.1 Å². The molecular weight excluding hydrogens is 430 g/mol. The summed E-state index contributed by atoms with van der Waals surface area (Å²) in [5.74, 6) is -0.0518. The third-order valence-corrected chi connectivity index (χ3v) is 4.93. The van der Waals surface area contributed by atoms with Crippen molar-refractivity contribution in [2.75, 3.05) is 19.0 Å². The van der Waals surface area contributed by atoms with E-state index in [9.17, 15) is 14.9 Å². The van der Waals surface area contributed by atoms with Crippen molar-refractivity contribution in [2.45, 2.75) is 13.0 Å². The van der Waals surface area contributed by atoms with Crippen LogP contribution in [0.15, 0.2) is 84.4 Å². The van der Waals surface area contributed by atoms with Gasteiger partial charge in [-0.1, -0.05) is 54.6 Å². The van der Waals surface area contributed by atoms with E-state index in [1.165, 1.54) is 13.2 Å². The summed E-state index contributed by atoms with van der Waals surface area (Å²) in [5.41, 5.74) is 2.15. The number of para-hydroxylation sites is 1. The van der Waals surface area contributed by atoms with E-state index in [4.69, 9.17) is 9.47 Å². The molecule has 0 aliphatic carbocycles. The highest BCUT2D eigenvalue weighted by Crippen LogP contribution is 2.29. The Morgan fingerprint density at radius 1 is 1.00 bits per heavy atom. The lowest BCUT2D eigenvalue weighted by atomic mass is 10.1. The largest absolute Gasteiger partial charge is 0.493 e. The molecule has 0 radical (unpaired) electrons. The SMILES string of the molecule is COc1cc(/C=C(\C#N)C(=O)N[C@@H](C)c2ccccc2)ccc1OCC(=O)Nc1ccccc1. The van der Waals surface area contributed by atoms with Gasteiger partial charge in [0, 0.05) is 5.69 Å². The Morgan fingerprint density at radius 2 is 1.68 bits per heavy atom. The van der Waals surface area contributed by atoms with E-state index in [-0.39, 0.29) is 24.1 Å². The van der Waals surface area contributed by atoms with Crippen LogP contribution in [0, 0.1) is 11.3 Å². The molecule has 0 heterocycles. The van der Waals surface area contributed by atoms with Crippen LogP contribution in [0.2, 0.25) is 0 Å². The summed E-state index contributed by atoms with van der Waals surface area (Å²) in [6.07, 6.45) is 1.47. The van der Waals surface area contributed by atoms with Crippen molar-refractivity contribution in [1.82, 2.24) is 5.32 Å². The van der Waals surface area contributed by atoms with Gasteiger partial charge < -0.3 is 20.1 Å². The molecule has 2 amide bonds. The molecule has 0 bridgehead atoms. The number of nitrogens with one attached hydrogen (secondary N) is 2. The molecule has 7 heteroatoms. The van der Waals surface area contributed by atoms with Crippen LogP contribution in [-0.2, 0) is 9.59 Å². The third kappa shape index (κ3) is 6.71. The van der Waals surface area contributed by atoms with E-state index in [2.05, 4.69) is 10.6 Å². The van der Waals surface area contributed by atoms with Crippen molar-refractivity contribution in [3.63, 3.8) is 0 Å². The Kier molecular flexibility index (Phi) is 8.42. The lowest BCUT2D eigenvalue weighted by Gasteiger charge is -2.14. The quantitative estimate of drug-likeness (QED) is 0.366. The Bertz CT molecular complexity index is 1200. The average molecular weight is 456 g/mol. The van der Waals surface area contributed by atoms with Gasteiger partial charge >= 0.3 is 0 Å². The number of benzene rings is 3. The number of carbonyl (C=O) groups is 2. The standard InChI is InChI=1S/C27H25N3O4/c1-19(21-9-5-3-6-10-21)29-27(32)22(17-28)15-20-13-14-24(25(16-20)33-2)34-18-26(31)30-23-11-7-4-8-12-23/h3-16,19H,18H2,1-2H3,(H,29,32)(H,30,31)/b22-15+/t19-/m0/s1. The lowest BCUT2D eigenvalue weighted by molar-refractivity contribution is -0.118. The van der Waals surface area contributed by atoms with Gasteiger partial charge in [0.05, 0.1) is 13.2 Å². The minimum absolute atomic E-state index is 0.0410. The van der Waals surface area contributed by atoms with Crippen molar-refractivity contribution in [3.8, 4) is 17.6 Å². The number of anilines is 1. The summed E-state index contributed by atoms with van der Waals surface area (Å²) in [7, 11) is 1.47. The highest BCUT2D eigenvalue weighted by molar-refractivity contribution is 6.02. The first-order valence-electron chi connectivity index (χ1n) is 10.6. The molecule has 3 rings (SSSR count). The Labute approximate surface area is 198 Å². The molecule has 0 aliphatic heterocycles. The molecule has 0 unspecified atom stereocenters. The molecule has 34 heavy (non-hydrogen) atoms. The Morgan fingerprint density at radius 3 is 2.32 bits per heavy atom. The molecule has 3 aromatic carbocycles. The number of nitrogens with zero attached hydrogens (tertiary/aromatic N) is 1. The average Bonchev–Trinajstić information content (AvgIpc) is 2.87. The fraction of sp³-hybridized carbons (Fsp3) is 0.148. The normalized spacial score (nSPS) is 11.6. The van der Waals surface area contributed by atoms with E-state index >= 15 is 0 Å². The number of amides is 2. The maximum absolute atomic E-state index is 12.6. The second kappa shape index (κ2) is 11.9. The van der Waals surface area contributed by atoms with Crippen LogP contribution in [0.1, 0.15) is 24.1 Å². The number of hydrogen-bond donors (Lipinski definition) is 2. The first-order valence-corrected chi connectivity index (χ1v) is 10.6. The number of ether oxygens (including phenoxy) is 2. The molecule has 0 aliphatic rings. The van der Waals surface area contributed by atoms with Gasteiger partial charge in [-0.25, -0.2) is 0 Å². The number of methoxy groups -OCH3 is 1. The summed E-state index contributed by atoms with van der Waals surface area (Å²) >= 11 is 0. The van der Waals surface area contributed by atoms with Gasteiger partial charge in [-0.3, -0.25) is 9.59 Å². The third-order valence-electron chi connectivity index (χ3n) is 4.93. The summed E-state index contributed by atoms with van der Waals surface area (Å²) in [5, 5.41) is 15.1. The highest BCUT2D eigenvalue weighted by Gasteiger charge is 2.15. The predicted octanol–water partition coefficient (Wildman–Crippen LogP) is 4.50. The van der Waals surface area contributed by atoms with E-state index in [0.29, 0.717) is 22.7 Å². The molecular formula is C27H25N3O4. The smallest absolute Gasteiger partial charge is 0.262 e. The summed E-state index contributed by atoms with van der Waals surface area (Å²) < 4.78 is 11.0. The number of rotatable bonds is 9. The van der Waals surface area contributed by atoms with Crippen molar-refractivity contribution in [3.05, 3.63) is 95.6 Å². The van der Waals surface area contributed by atoms with Crippen LogP contribution in [0.4, 0.5) is 5.69 Å². The molecule has 3 aromatic rings. The highest BCUT2D eigenvalue weighted by atomic mass is 16.5. The second-order valence-electron chi connectivity index (χ2n) is 7.39. The van der Waals surface area contributed by atoms with Gasteiger partial charge in [0.25, 0.3) is 11.8 Å². The first kappa shape index (κ1) is 24.1. The Balaban J connectivity index is 1.66. The first-order chi connectivity index (χ1) is 16.5. The maximum Gasteiger partial charge on any atom is 0.262 e. The number of hydrogen-bond acceptors (Lipinski definition) is 5. The number of nitriles is 1. The molecule has 0 fully saturated rings. The molecule has 0 aromatic heterocycles. The number of carbonyl (C=O) groups excluding carboxylic acids is 2. The van der Waals surface area contributed by atoms with Gasteiger partial charge in [-0.05, 0) is 48.4 Å². The monoisotopic (exact) mass is 455 g/mol. The van der Waals surface area contributed by atoms with Gasteiger partial charge in [-0.2, -0.15) is 5.26 Å². The zero-order valence-corrected chi connectivity index (χ0v) is 18.9. The van der Waals surface area contributed by atoms with E-state index in [1.54, 1.807) is 30.3 Å². The van der Waals surface area contributed by atoms with Crippen molar-refractivity contribution in [1.29, 1.82) is 5.26 Å². The molecule has 7 nitrogen and oxygen atoms in total. The van der Waals surface area contributed by atoms with E-state index in [0.717, 1.165) is 5.56 Å². The van der Waals surface area contributed by atoms with Crippen LogP contribution in [0.25, 0.3) is 6.08 Å². The van der Waals surface area contributed by atoms with E-state index < -0.39 is 5.91 Å². The van der Waals surface area contributed by atoms with Crippen molar-refractivity contribution in [2.24, 2.45) is 0 Å². The maximum atomic E-state index is 12.6. The fourth-order valence-corrected chi connectivity index (χ4v) is 3.17. The van der Waals surface area contributed by atoms with Gasteiger partial charge in [-0.15, -0.1) is 0 Å². The minimum Gasteiger partial charge on any atom is -0.493 e. The fourth-order valence-electron chi connectivity index (χ4n) is 3.17. The van der Waals surface area contributed by atoms with E-state index in [1.807, 2.05) is 61.5 Å². The van der Waals surface area contributed by atoms with Gasteiger partial charge in [0.1, 0.15) is 11.6 Å². The van der Waals surface area contributed by atoms with Gasteiger partial charge in [0.2, 0.25) is 0 Å². The molecule has 0 saturated heterocycles. The zero-order chi connectivity index (χ0) is 24.3. The van der Waals surface area contributed by atoms with Crippen molar-refractivity contribution >= 4 is 23.6 Å². The minimum atomic E-state index is -0.476. The summed E-state index contributed by atoms with van der Waals surface area (Å²) in [6.45, 7) is 1.65. The summed E-state index contributed by atoms with van der Waals surface area (Å²) in [6, 6.07) is 25.2. The topological polar surface area (TPSA) is 100 Å².